The molecule has 6 heteroatoms. The molecule has 138 valence electrons. The summed E-state index contributed by atoms with van der Waals surface area (Å²) in [5, 5.41) is 3.44. The van der Waals surface area contributed by atoms with Crippen LogP contribution in [0.5, 0.6) is 0 Å². The molecule has 0 bridgehead atoms. The first-order valence-electron chi connectivity index (χ1n) is 8.74. The third-order valence-corrected chi connectivity index (χ3v) is 5.31. The van der Waals surface area contributed by atoms with Crippen LogP contribution in [0.4, 0.5) is 5.13 Å². The van der Waals surface area contributed by atoms with Crippen LogP contribution in [-0.4, -0.2) is 20.4 Å². The Labute approximate surface area is 166 Å². The molecule has 4 rings (SSSR count). The van der Waals surface area contributed by atoms with E-state index < -0.39 is 0 Å². The van der Waals surface area contributed by atoms with Crippen molar-refractivity contribution in [3.63, 3.8) is 0 Å². The van der Waals surface area contributed by atoms with Crippen LogP contribution in [0.3, 0.4) is 0 Å². The van der Waals surface area contributed by atoms with E-state index in [9.17, 15) is 4.79 Å². The zero-order valence-electron chi connectivity index (χ0n) is 15.3. The van der Waals surface area contributed by atoms with Gasteiger partial charge in [-0.2, -0.15) is 0 Å². The lowest BCUT2D eigenvalue weighted by Crippen LogP contribution is -2.12. The molecule has 0 aliphatic rings. The molecule has 1 N–H and O–H groups in total. The zero-order chi connectivity index (χ0) is 19.5. The molecule has 28 heavy (non-hydrogen) atoms. The van der Waals surface area contributed by atoms with Crippen molar-refractivity contribution in [3.05, 3.63) is 90.5 Å². The van der Waals surface area contributed by atoms with Crippen molar-refractivity contribution in [1.29, 1.82) is 0 Å². The normalized spacial score (nSPS) is 11.5. The van der Waals surface area contributed by atoms with Gasteiger partial charge in [-0.25, -0.2) is 9.97 Å². The summed E-state index contributed by atoms with van der Waals surface area (Å²) in [5.41, 5.74) is 4.42. The number of imidazole rings is 1. The third kappa shape index (κ3) is 3.63. The number of nitrogens with one attached hydrogen (secondary N) is 1. The van der Waals surface area contributed by atoms with Gasteiger partial charge < -0.3 is 4.57 Å². The first kappa shape index (κ1) is 17.9. The third-order valence-electron chi connectivity index (χ3n) is 4.38. The molecule has 0 radical (unpaired) electrons. The number of nitrogens with zero attached hydrogens (tertiary/aromatic N) is 3. The number of anilines is 1. The van der Waals surface area contributed by atoms with E-state index in [2.05, 4.69) is 21.9 Å². The number of benzene rings is 2. The van der Waals surface area contributed by atoms with Gasteiger partial charge in [-0.15, -0.1) is 0 Å². The van der Waals surface area contributed by atoms with Crippen molar-refractivity contribution in [2.75, 3.05) is 5.32 Å². The Morgan fingerprint density at radius 1 is 1.25 bits per heavy atom. The van der Waals surface area contributed by atoms with Crippen LogP contribution in [0.1, 0.15) is 11.1 Å². The molecule has 0 aliphatic heterocycles. The minimum Gasteiger partial charge on any atom is -0.306 e. The standard InChI is InChI=1S/C22H18N4OS/c1-3-16(12-17-7-5-4-6-15(17)2)21(27)25-22-24-19-9-8-18(13-20(19)28-22)26-11-10-23-14-26/h3-14H,1H2,2H3,(H,24,25,27)/b16-12+. The molecule has 1 amide bonds. The first-order valence-corrected chi connectivity index (χ1v) is 9.56. The number of hydrogen-bond donors (Lipinski definition) is 1. The van der Waals surface area contributed by atoms with Gasteiger partial charge in [0.2, 0.25) is 0 Å². The molecule has 0 spiro atoms. The lowest BCUT2D eigenvalue weighted by atomic mass is 10.1. The van der Waals surface area contributed by atoms with Gasteiger partial charge in [-0.3, -0.25) is 10.1 Å². The van der Waals surface area contributed by atoms with Gasteiger partial charge in [-0.1, -0.05) is 48.3 Å². The van der Waals surface area contributed by atoms with Crippen LogP contribution in [-0.2, 0) is 4.79 Å². The minimum absolute atomic E-state index is 0.229. The van der Waals surface area contributed by atoms with Crippen LogP contribution >= 0.6 is 11.3 Å². The van der Waals surface area contributed by atoms with E-state index >= 15 is 0 Å². The smallest absolute Gasteiger partial charge is 0.257 e. The maximum absolute atomic E-state index is 12.7. The molecule has 0 saturated carbocycles. The minimum atomic E-state index is -0.229. The maximum atomic E-state index is 12.7. The van der Waals surface area contributed by atoms with Crippen molar-refractivity contribution in [2.45, 2.75) is 6.92 Å². The molecule has 5 nitrogen and oxygen atoms in total. The molecule has 2 aromatic carbocycles. The summed E-state index contributed by atoms with van der Waals surface area (Å²) in [6, 6.07) is 13.8. The van der Waals surface area contributed by atoms with Gasteiger partial charge >= 0.3 is 0 Å². The fourth-order valence-corrected chi connectivity index (χ4v) is 3.74. The van der Waals surface area contributed by atoms with Crippen molar-refractivity contribution in [2.24, 2.45) is 0 Å². The quantitative estimate of drug-likeness (QED) is 0.388. The number of hydrogen-bond acceptors (Lipinski definition) is 4. The van der Waals surface area contributed by atoms with Gasteiger partial charge in [0.25, 0.3) is 5.91 Å². The fourth-order valence-electron chi connectivity index (χ4n) is 2.84. The van der Waals surface area contributed by atoms with E-state index in [0.29, 0.717) is 10.7 Å². The van der Waals surface area contributed by atoms with Crippen LogP contribution in [0.15, 0.2) is 79.4 Å². The van der Waals surface area contributed by atoms with Gasteiger partial charge in [-0.05, 0) is 42.3 Å². The topological polar surface area (TPSA) is 59.8 Å². The van der Waals surface area contributed by atoms with E-state index in [1.807, 2.05) is 66.2 Å². The second-order valence-corrected chi connectivity index (χ2v) is 7.29. The van der Waals surface area contributed by atoms with Crippen LogP contribution in [0, 0.1) is 6.92 Å². The summed E-state index contributed by atoms with van der Waals surface area (Å²) in [5.74, 6) is -0.229. The second-order valence-electron chi connectivity index (χ2n) is 6.26. The van der Waals surface area contributed by atoms with Gasteiger partial charge in [0.1, 0.15) is 0 Å². The Morgan fingerprint density at radius 3 is 2.86 bits per heavy atom. The fraction of sp³-hybridized carbons (Fsp3) is 0.0455. The number of fused-ring (bicyclic) bond motifs is 1. The highest BCUT2D eigenvalue weighted by Gasteiger charge is 2.11. The number of amides is 1. The molecule has 0 fully saturated rings. The van der Waals surface area contributed by atoms with Crippen molar-refractivity contribution in [3.8, 4) is 5.69 Å². The lowest BCUT2D eigenvalue weighted by molar-refractivity contribution is -0.112. The highest BCUT2D eigenvalue weighted by Crippen LogP contribution is 2.28. The number of aryl methyl sites for hydroxylation is 1. The second kappa shape index (κ2) is 7.62. The van der Waals surface area contributed by atoms with Crippen molar-refractivity contribution >= 4 is 38.7 Å². The molecule has 0 atom stereocenters. The molecule has 0 unspecified atom stereocenters. The number of thiazole rings is 1. The van der Waals surface area contributed by atoms with E-state index in [1.165, 1.54) is 11.3 Å². The predicted octanol–water partition coefficient (Wildman–Crippen LogP) is 5.00. The predicted molar refractivity (Wildman–Crippen MR) is 115 cm³/mol. The SMILES string of the molecule is C=C/C(=C\c1ccccc1C)C(=O)Nc1nc2ccc(-n3ccnc3)cc2s1. The zero-order valence-corrected chi connectivity index (χ0v) is 16.1. The van der Waals surface area contributed by atoms with E-state index in [4.69, 9.17) is 0 Å². The highest BCUT2D eigenvalue weighted by atomic mass is 32.1. The summed E-state index contributed by atoms with van der Waals surface area (Å²) < 4.78 is 2.92. The maximum Gasteiger partial charge on any atom is 0.257 e. The van der Waals surface area contributed by atoms with Crippen LogP contribution in [0.25, 0.3) is 22.0 Å². The Balaban J connectivity index is 1.59. The average Bonchev–Trinajstić information content (AvgIpc) is 3.36. The molecule has 2 heterocycles. The molecular weight excluding hydrogens is 368 g/mol. The van der Waals surface area contributed by atoms with Crippen LogP contribution in [0.2, 0.25) is 0 Å². The Kier molecular flexibility index (Phi) is 4.87. The van der Waals surface area contributed by atoms with Gasteiger partial charge in [0.15, 0.2) is 5.13 Å². The Bertz CT molecular complexity index is 1190. The van der Waals surface area contributed by atoms with Gasteiger partial charge in [0, 0.05) is 23.7 Å². The summed E-state index contributed by atoms with van der Waals surface area (Å²) in [4.78, 5) is 21.3. The number of rotatable bonds is 5. The van der Waals surface area contributed by atoms with Gasteiger partial charge in [0.05, 0.1) is 16.5 Å². The molecule has 2 aromatic heterocycles. The van der Waals surface area contributed by atoms with Crippen molar-refractivity contribution < 1.29 is 4.79 Å². The van der Waals surface area contributed by atoms with E-state index in [0.717, 1.165) is 27.0 Å². The highest BCUT2D eigenvalue weighted by molar-refractivity contribution is 7.22. The molecule has 0 saturated heterocycles. The Hall–Kier alpha value is -3.51. The average molecular weight is 386 g/mol. The molecule has 0 aliphatic carbocycles. The van der Waals surface area contributed by atoms with E-state index in [-0.39, 0.29) is 5.91 Å². The van der Waals surface area contributed by atoms with Crippen LogP contribution < -0.4 is 5.32 Å². The number of carbonyl (C=O) groups excluding carboxylic acids is 1. The monoisotopic (exact) mass is 386 g/mol. The number of carbonyl (C=O) groups is 1. The lowest BCUT2D eigenvalue weighted by Gasteiger charge is -2.04. The Morgan fingerprint density at radius 2 is 2.11 bits per heavy atom. The van der Waals surface area contributed by atoms with Crippen molar-refractivity contribution in [1.82, 2.24) is 14.5 Å². The molecular formula is C22H18N4OS. The summed E-state index contributed by atoms with van der Waals surface area (Å²) >= 11 is 1.44. The molecule has 4 aromatic rings. The van der Waals surface area contributed by atoms with E-state index in [1.54, 1.807) is 18.6 Å². The summed E-state index contributed by atoms with van der Waals surface area (Å²) in [6.45, 7) is 5.79. The first-order chi connectivity index (χ1) is 13.6. The summed E-state index contributed by atoms with van der Waals surface area (Å²) in [7, 11) is 0. The summed E-state index contributed by atoms with van der Waals surface area (Å²) in [6.07, 6.45) is 8.77. The number of aromatic nitrogens is 3. The largest absolute Gasteiger partial charge is 0.306 e.